The molecule has 2 atom stereocenters. The minimum absolute atomic E-state index is 0.0516. The summed E-state index contributed by atoms with van der Waals surface area (Å²) in [6.45, 7) is 5.61. The maximum absolute atomic E-state index is 11.4. The molecule has 0 aromatic carbocycles. The molecular formula is C18H22N2O2S. The molecule has 122 valence electrons. The van der Waals surface area contributed by atoms with Crippen molar-refractivity contribution in [2.45, 2.75) is 32.7 Å². The van der Waals surface area contributed by atoms with Gasteiger partial charge in [-0.2, -0.15) is 0 Å². The van der Waals surface area contributed by atoms with Gasteiger partial charge in [0.1, 0.15) is 0 Å². The second kappa shape index (κ2) is 6.81. The summed E-state index contributed by atoms with van der Waals surface area (Å²) in [5.74, 6) is -0.967. The maximum atomic E-state index is 11.4. The Hall–Kier alpha value is -1.72. The molecule has 2 unspecified atom stereocenters. The molecule has 5 heteroatoms. The minimum atomic E-state index is -0.687. The third kappa shape index (κ3) is 3.62. The van der Waals surface area contributed by atoms with Crippen molar-refractivity contribution >= 4 is 17.3 Å². The number of rotatable bonds is 4. The highest BCUT2D eigenvalue weighted by molar-refractivity contribution is 7.12. The Kier molecular flexibility index (Phi) is 4.78. The molecule has 1 aliphatic rings. The van der Waals surface area contributed by atoms with Crippen LogP contribution in [0.3, 0.4) is 0 Å². The molecule has 0 radical (unpaired) electrons. The van der Waals surface area contributed by atoms with Gasteiger partial charge in [-0.25, -0.2) is 0 Å². The van der Waals surface area contributed by atoms with E-state index >= 15 is 0 Å². The van der Waals surface area contributed by atoms with E-state index in [4.69, 9.17) is 4.98 Å². The number of aliphatic carboxylic acids is 1. The number of nitrogens with zero attached hydrogens (tertiary/aromatic N) is 2. The van der Waals surface area contributed by atoms with Crippen LogP contribution in [0.15, 0.2) is 30.3 Å². The van der Waals surface area contributed by atoms with Crippen LogP contribution in [0.4, 0.5) is 0 Å². The van der Waals surface area contributed by atoms with Crippen molar-refractivity contribution in [1.82, 2.24) is 9.88 Å². The van der Waals surface area contributed by atoms with E-state index in [0.29, 0.717) is 6.54 Å². The molecule has 4 nitrogen and oxygen atoms in total. The number of pyridine rings is 1. The van der Waals surface area contributed by atoms with Crippen LogP contribution in [0.5, 0.6) is 0 Å². The molecule has 3 heterocycles. The van der Waals surface area contributed by atoms with Crippen molar-refractivity contribution in [3.63, 3.8) is 0 Å². The SMILES string of the molecule is Cc1cccc(C(c2ccc(C)s2)N2CCCC(C(=O)O)C2)n1. The lowest BCUT2D eigenvalue weighted by atomic mass is 9.95. The van der Waals surface area contributed by atoms with Crippen LogP contribution in [0.25, 0.3) is 0 Å². The van der Waals surface area contributed by atoms with Gasteiger partial charge in [-0.3, -0.25) is 14.7 Å². The van der Waals surface area contributed by atoms with Gasteiger partial charge in [0.05, 0.1) is 17.7 Å². The fourth-order valence-electron chi connectivity index (χ4n) is 3.27. The number of carbonyl (C=O) groups is 1. The molecule has 1 saturated heterocycles. The maximum Gasteiger partial charge on any atom is 0.307 e. The number of likely N-dealkylation sites (tertiary alicyclic amines) is 1. The largest absolute Gasteiger partial charge is 0.481 e. The van der Waals surface area contributed by atoms with Crippen molar-refractivity contribution in [3.05, 3.63) is 51.5 Å². The minimum Gasteiger partial charge on any atom is -0.481 e. The molecule has 2 aromatic rings. The standard InChI is InChI=1S/C18H22N2O2S/c1-12-5-3-7-15(19-12)17(16-9-8-13(2)23-16)20-10-4-6-14(11-20)18(21)22/h3,5,7-9,14,17H,4,6,10-11H2,1-2H3,(H,21,22). The highest BCUT2D eigenvalue weighted by atomic mass is 32.1. The van der Waals surface area contributed by atoms with E-state index < -0.39 is 5.97 Å². The van der Waals surface area contributed by atoms with Gasteiger partial charge < -0.3 is 5.11 Å². The predicted molar refractivity (Wildman–Crippen MR) is 91.8 cm³/mol. The lowest BCUT2D eigenvalue weighted by Gasteiger charge is -2.36. The molecule has 2 aromatic heterocycles. The molecule has 0 bridgehead atoms. The number of aryl methyl sites for hydroxylation is 2. The van der Waals surface area contributed by atoms with Crippen LogP contribution in [0, 0.1) is 19.8 Å². The molecule has 1 N–H and O–H groups in total. The zero-order chi connectivity index (χ0) is 16.4. The number of hydrogen-bond acceptors (Lipinski definition) is 4. The van der Waals surface area contributed by atoms with Gasteiger partial charge in [0.25, 0.3) is 0 Å². The van der Waals surface area contributed by atoms with Crippen LogP contribution in [0.2, 0.25) is 0 Å². The van der Waals surface area contributed by atoms with E-state index in [-0.39, 0.29) is 12.0 Å². The normalized spacial score (nSPS) is 20.3. The van der Waals surface area contributed by atoms with E-state index in [2.05, 4.69) is 30.0 Å². The topological polar surface area (TPSA) is 53.4 Å². The smallest absolute Gasteiger partial charge is 0.307 e. The first-order valence-corrected chi connectivity index (χ1v) is 8.83. The summed E-state index contributed by atoms with van der Waals surface area (Å²) in [6.07, 6.45) is 1.69. The Morgan fingerprint density at radius 1 is 1.35 bits per heavy atom. The Balaban J connectivity index is 1.96. The van der Waals surface area contributed by atoms with Gasteiger partial charge in [0.2, 0.25) is 0 Å². The number of piperidine rings is 1. The van der Waals surface area contributed by atoms with Crippen molar-refractivity contribution in [2.75, 3.05) is 13.1 Å². The summed E-state index contributed by atoms with van der Waals surface area (Å²) in [7, 11) is 0. The molecule has 23 heavy (non-hydrogen) atoms. The Morgan fingerprint density at radius 2 is 2.17 bits per heavy atom. The van der Waals surface area contributed by atoms with Gasteiger partial charge >= 0.3 is 5.97 Å². The highest BCUT2D eigenvalue weighted by Gasteiger charge is 2.32. The highest BCUT2D eigenvalue weighted by Crippen LogP contribution is 2.35. The van der Waals surface area contributed by atoms with Gasteiger partial charge in [0, 0.05) is 22.0 Å². The summed E-state index contributed by atoms with van der Waals surface area (Å²) in [4.78, 5) is 20.9. The number of carboxylic acids is 1. The first-order valence-electron chi connectivity index (χ1n) is 8.01. The fourth-order valence-corrected chi connectivity index (χ4v) is 4.30. The van der Waals surface area contributed by atoms with Gasteiger partial charge in [-0.1, -0.05) is 6.07 Å². The monoisotopic (exact) mass is 330 g/mol. The fraction of sp³-hybridized carbons (Fsp3) is 0.444. The second-order valence-electron chi connectivity index (χ2n) is 6.23. The van der Waals surface area contributed by atoms with E-state index in [1.807, 2.05) is 19.1 Å². The molecule has 0 saturated carbocycles. The van der Waals surface area contributed by atoms with Crippen molar-refractivity contribution in [3.8, 4) is 0 Å². The van der Waals surface area contributed by atoms with Crippen molar-refractivity contribution in [1.29, 1.82) is 0 Å². The van der Waals surface area contributed by atoms with Crippen molar-refractivity contribution in [2.24, 2.45) is 5.92 Å². The van der Waals surface area contributed by atoms with Crippen molar-refractivity contribution < 1.29 is 9.90 Å². The Bertz CT molecular complexity index is 698. The first kappa shape index (κ1) is 16.1. The molecule has 1 fully saturated rings. The van der Waals surface area contributed by atoms with Crippen LogP contribution in [-0.4, -0.2) is 34.0 Å². The number of carboxylic acid groups (broad SMARTS) is 1. The van der Waals surface area contributed by atoms with E-state index in [1.165, 1.54) is 9.75 Å². The van der Waals surface area contributed by atoms with Gasteiger partial charge in [-0.05, 0) is 57.5 Å². The number of thiophene rings is 1. The van der Waals surface area contributed by atoms with E-state index in [1.54, 1.807) is 11.3 Å². The number of aromatic nitrogens is 1. The molecule has 0 amide bonds. The zero-order valence-electron chi connectivity index (χ0n) is 13.5. The molecule has 1 aliphatic heterocycles. The van der Waals surface area contributed by atoms with E-state index in [9.17, 15) is 9.90 Å². The Morgan fingerprint density at radius 3 is 2.83 bits per heavy atom. The molecular weight excluding hydrogens is 308 g/mol. The average Bonchev–Trinajstić information content (AvgIpc) is 2.94. The van der Waals surface area contributed by atoms with Crippen LogP contribution >= 0.6 is 11.3 Å². The van der Waals surface area contributed by atoms with Crippen LogP contribution < -0.4 is 0 Å². The second-order valence-corrected chi connectivity index (χ2v) is 7.55. The van der Waals surface area contributed by atoms with Crippen LogP contribution in [-0.2, 0) is 4.79 Å². The summed E-state index contributed by atoms with van der Waals surface area (Å²) in [5.41, 5.74) is 2.01. The molecule has 0 spiro atoms. The van der Waals surface area contributed by atoms with Crippen LogP contribution in [0.1, 0.15) is 40.0 Å². The third-order valence-corrected chi connectivity index (χ3v) is 5.44. The van der Waals surface area contributed by atoms with Gasteiger partial charge in [0.15, 0.2) is 0 Å². The van der Waals surface area contributed by atoms with Gasteiger partial charge in [-0.15, -0.1) is 11.3 Å². The molecule has 0 aliphatic carbocycles. The average molecular weight is 330 g/mol. The summed E-state index contributed by atoms with van der Waals surface area (Å²) < 4.78 is 0. The zero-order valence-corrected chi connectivity index (χ0v) is 14.3. The first-order chi connectivity index (χ1) is 11.0. The lowest BCUT2D eigenvalue weighted by Crippen LogP contribution is -2.41. The lowest BCUT2D eigenvalue weighted by molar-refractivity contribution is -0.143. The summed E-state index contributed by atoms with van der Waals surface area (Å²) in [6, 6.07) is 10.4. The van der Waals surface area contributed by atoms with E-state index in [0.717, 1.165) is 30.8 Å². The summed E-state index contributed by atoms with van der Waals surface area (Å²) in [5, 5.41) is 9.39. The third-order valence-electron chi connectivity index (χ3n) is 4.39. The number of hydrogen-bond donors (Lipinski definition) is 1. The summed E-state index contributed by atoms with van der Waals surface area (Å²) >= 11 is 1.77. The molecule has 3 rings (SSSR count). The predicted octanol–water partition coefficient (Wildman–Crippen LogP) is 3.65. The Labute approximate surface area is 140 Å². The quantitative estimate of drug-likeness (QED) is 0.930.